The van der Waals surface area contributed by atoms with Gasteiger partial charge in [0.05, 0.1) is 10.0 Å². The highest BCUT2D eigenvalue weighted by Crippen LogP contribution is 2.32. The number of hydrogen-bond donors (Lipinski definition) is 2. The fraction of sp³-hybridized carbons (Fsp3) is 0.444. The normalized spacial score (nSPS) is 11.5. The summed E-state index contributed by atoms with van der Waals surface area (Å²) in [6.45, 7) is 0.508. The molecule has 0 amide bonds. The number of hydrazine groups is 1. The third-order valence-corrected chi connectivity index (χ3v) is 2.67. The van der Waals surface area contributed by atoms with Crippen molar-refractivity contribution in [3.05, 3.63) is 16.1 Å². The second-order valence-corrected chi connectivity index (χ2v) is 4.21. The zero-order valence-electron chi connectivity index (χ0n) is 9.35. The van der Waals surface area contributed by atoms with Crippen LogP contribution in [0.1, 0.15) is 6.92 Å². The van der Waals surface area contributed by atoms with Crippen molar-refractivity contribution in [2.75, 3.05) is 23.4 Å². The molecule has 1 heterocycles. The Balaban J connectivity index is 3.13. The Morgan fingerprint density at radius 2 is 2.00 bits per heavy atom. The molecule has 4 nitrogen and oxygen atoms in total. The molecule has 0 radical (unpaired) electrons. The monoisotopic (exact) mass is 302 g/mol. The molecule has 0 saturated carbocycles. The zero-order chi connectivity index (χ0) is 13.9. The average molecular weight is 303 g/mol. The van der Waals surface area contributed by atoms with E-state index in [9.17, 15) is 13.2 Å². The van der Waals surface area contributed by atoms with Crippen LogP contribution in [0.5, 0.6) is 0 Å². The van der Waals surface area contributed by atoms with Gasteiger partial charge >= 0.3 is 6.18 Å². The average Bonchev–Trinajstić information content (AvgIpc) is 2.25. The maximum Gasteiger partial charge on any atom is 0.405 e. The Hall–Kier alpha value is -0.920. The topological polar surface area (TPSA) is 54.2 Å². The second-order valence-electron chi connectivity index (χ2n) is 3.40. The summed E-state index contributed by atoms with van der Waals surface area (Å²) in [5.41, 5.74) is 2.20. The smallest absolute Gasteiger partial charge is 0.346 e. The summed E-state index contributed by atoms with van der Waals surface area (Å²) < 4.78 is 37.2. The van der Waals surface area contributed by atoms with E-state index in [0.717, 1.165) is 4.90 Å². The molecule has 0 aliphatic rings. The number of halogens is 5. The van der Waals surface area contributed by atoms with Gasteiger partial charge in [-0.2, -0.15) is 13.2 Å². The molecule has 0 aliphatic carbocycles. The maximum atomic E-state index is 12.4. The number of nitrogen functional groups attached to an aromatic ring is 1. The third kappa shape index (κ3) is 3.79. The summed E-state index contributed by atoms with van der Waals surface area (Å²) in [7, 11) is 0. The van der Waals surface area contributed by atoms with Crippen LogP contribution in [0.4, 0.5) is 24.8 Å². The van der Waals surface area contributed by atoms with Crippen LogP contribution in [0, 0.1) is 0 Å². The van der Waals surface area contributed by atoms with Crippen molar-refractivity contribution < 1.29 is 13.2 Å². The van der Waals surface area contributed by atoms with Crippen LogP contribution in [0.25, 0.3) is 0 Å². The number of rotatable bonds is 4. The number of alkyl halides is 3. The van der Waals surface area contributed by atoms with Gasteiger partial charge in [-0.25, -0.2) is 10.8 Å². The molecule has 0 fully saturated rings. The van der Waals surface area contributed by atoms with Gasteiger partial charge in [0.15, 0.2) is 5.82 Å². The van der Waals surface area contributed by atoms with Gasteiger partial charge in [0.2, 0.25) is 0 Å². The van der Waals surface area contributed by atoms with Gasteiger partial charge in [-0.1, -0.05) is 23.2 Å². The van der Waals surface area contributed by atoms with Crippen LogP contribution >= 0.6 is 23.2 Å². The van der Waals surface area contributed by atoms with E-state index in [0.29, 0.717) is 0 Å². The molecule has 9 heteroatoms. The van der Waals surface area contributed by atoms with E-state index in [4.69, 9.17) is 29.0 Å². The van der Waals surface area contributed by atoms with E-state index in [-0.39, 0.29) is 28.2 Å². The van der Waals surface area contributed by atoms with Crippen molar-refractivity contribution in [1.82, 2.24) is 4.98 Å². The van der Waals surface area contributed by atoms with Crippen LogP contribution in [-0.2, 0) is 0 Å². The van der Waals surface area contributed by atoms with Gasteiger partial charge in [0.25, 0.3) is 0 Å². The van der Waals surface area contributed by atoms with Crippen molar-refractivity contribution >= 4 is 34.8 Å². The lowest BCUT2D eigenvalue weighted by Crippen LogP contribution is -2.35. The van der Waals surface area contributed by atoms with Gasteiger partial charge in [-0.05, 0) is 13.0 Å². The van der Waals surface area contributed by atoms with Crippen molar-refractivity contribution in [1.29, 1.82) is 0 Å². The first-order chi connectivity index (χ1) is 8.28. The lowest BCUT2D eigenvalue weighted by molar-refractivity contribution is -0.119. The molecular formula is C9H11Cl2F3N4. The van der Waals surface area contributed by atoms with Crippen LogP contribution < -0.4 is 16.2 Å². The molecule has 1 rings (SSSR count). The largest absolute Gasteiger partial charge is 0.405 e. The fourth-order valence-corrected chi connectivity index (χ4v) is 1.87. The van der Waals surface area contributed by atoms with Crippen molar-refractivity contribution in [2.24, 2.45) is 5.84 Å². The molecule has 0 bridgehead atoms. The first-order valence-electron chi connectivity index (χ1n) is 4.92. The van der Waals surface area contributed by atoms with E-state index in [1.165, 1.54) is 6.07 Å². The quantitative estimate of drug-likeness (QED) is 0.663. The van der Waals surface area contributed by atoms with Crippen molar-refractivity contribution in [3.8, 4) is 0 Å². The van der Waals surface area contributed by atoms with Crippen LogP contribution in [0.15, 0.2) is 6.07 Å². The Labute approximate surface area is 112 Å². The predicted molar refractivity (Wildman–Crippen MR) is 66.0 cm³/mol. The molecule has 0 aliphatic heterocycles. The zero-order valence-corrected chi connectivity index (χ0v) is 10.9. The Bertz CT molecular complexity index is 425. The summed E-state index contributed by atoms with van der Waals surface area (Å²) in [6, 6.07) is 1.29. The summed E-state index contributed by atoms with van der Waals surface area (Å²) in [6.07, 6.45) is -4.35. The highest BCUT2D eigenvalue weighted by atomic mass is 35.5. The van der Waals surface area contributed by atoms with Crippen LogP contribution in [0.2, 0.25) is 10.0 Å². The summed E-state index contributed by atoms with van der Waals surface area (Å²) in [5, 5.41) is 0.166. The van der Waals surface area contributed by atoms with Gasteiger partial charge in [-0.3, -0.25) is 0 Å². The number of nitrogens with two attached hydrogens (primary N) is 1. The molecule has 1 aromatic rings. The Morgan fingerprint density at radius 3 is 2.44 bits per heavy atom. The van der Waals surface area contributed by atoms with Crippen molar-refractivity contribution in [3.63, 3.8) is 0 Å². The molecule has 0 aromatic carbocycles. The highest BCUT2D eigenvalue weighted by molar-refractivity contribution is 6.37. The summed E-state index contributed by atoms with van der Waals surface area (Å²) in [4.78, 5) is 4.86. The van der Waals surface area contributed by atoms with E-state index in [1.54, 1.807) is 6.92 Å². The van der Waals surface area contributed by atoms with Gasteiger partial charge in [-0.15, -0.1) is 0 Å². The first-order valence-corrected chi connectivity index (χ1v) is 5.68. The van der Waals surface area contributed by atoms with Gasteiger partial charge in [0, 0.05) is 6.54 Å². The molecule has 18 heavy (non-hydrogen) atoms. The molecule has 102 valence electrons. The van der Waals surface area contributed by atoms with Gasteiger partial charge in [0.1, 0.15) is 12.4 Å². The molecule has 0 atom stereocenters. The number of nitrogens with one attached hydrogen (secondary N) is 1. The van der Waals surface area contributed by atoms with Gasteiger partial charge < -0.3 is 10.3 Å². The minimum absolute atomic E-state index is 0.0196. The Morgan fingerprint density at radius 1 is 1.39 bits per heavy atom. The van der Waals surface area contributed by atoms with Crippen molar-refractivity contribution in [2.45, 2.75) is 13.1 Å². The summed E-state index contributed by atoms with van der Waals surface area (Å²) >= 11 is 11.6. The third-order valence-electron chi connectivity index (χ3n) is 2.10. The van der Waals surface area contributed by atoms with E-state index < -0.39 is 12.7 Å². The van der Waals surface area contributed by atoms with Crippen LogP contribution in [0.3, 0.4) is 0 Å². The second kappa shape index (κ2) is 5.81. The number of nitrogens with zero attached hydrogens (tertiary/aromatic N) is 2. The number of pyridine rings is 1. The first kappa shape index (κ1) is 15.1. The molecule has 0 saturated heterocycles. The minimum Gasteiger partial charge on any atom is -0.346 e. The number of hydrogen-bond acceptors (Lipinski definition) is 4. The van der Waals surface area contributed by atoms with E-state index >= 15 is 0 Å². The molecule has 0 spiro atoms. The predicted octanol–water partition coefficient (Wildman–Crippen LogP) is 3.06. The van der Waals surface area contributed by atoms with E-state index in [1.807, 2.05) is 0 Å². The Kier molecular flexibility index (Phi) is 4.89. The lowest BCUT2D eigenvalue weighted by atomic mass is 10.3. The standard InChI is InChI=1S/C9H11Cl2F3N4/c1-2-18(4-9(12,13)14)8-6(11)3-5(10)7(16-8)17-15/h3H,2,4,15H2,1H3,(H,16,17). The molecule has 0 unspecified atom stereocenters. The SMILES string of the molecule is CCN(CC(F)(F)F)c1nc(NN)c(Cl)cc1Cl. The lowest BCUT2D eigenvalue weighted by Gasteiger charge is -2.24. The number of aromatic nitrogens is 1. The number of anilines is 2. The van der Waals surface area contributed by atoms with E-state index in [2.05, 4.69) is 10.4 Å². The fourth-order valence-electron chi connectivity index (χ4n) is 1.33. The maximum absolute atomic E-state index is 12.4. The molecular weight excluding hydrogens is 292 g/mol. The molecule has 1 aromatic heterocycles. The molecule has 3 N–H and O–H groups in total. The summed E-state index contributed by atoms with van der Waals surface area (Å²) in [5.74, 6) is 5.20. The minimum atomic E-state index is -4.35. The highest BCUT2D eigenvalue weighted by Gasteiger charge is 2.31. The van der Waals surface area contributed by atoms with Crippen LogP contribution in [-0.4, -0.2) is 24.2 Å².